The molecular formula is C13H24N2O. The highest BCUT2D eigenvalue weighted by Crippen LogP contribution is 2.50. The van der Waals surface area contributed by atoms with Crippen molar-refractivity contribution in [2.75, 3.05) is 7.05 Å². The number of rotatable bonds is 3. The molecule has 4 atom stereocenters. The van der Waals surface area contributed by atoms with E-state index in [1.807, 2.05) is 7.05 Å². The van der Waals surface area contributed by atoms with Crippen molar-refractivity contribution >= 4 is 5.91 Å². The van der Waals surface area contributed by atoms with E-state index in [0.717, 1.165) is 25.2 Å². The number of hydrogen-bond donors (Lipinski definition) is 2. The molecule has 92 valence electrons. The van der Waals surface area contributed by atoms with Crippen molar-refractivity contribution in [3.8, 4) is 0 Å². The van der Waals surface area contributed by atoms with Crippen LogP contribution in [-0.4, -0.2) is 19.0 Å². The van der Waals surface area contributed by atoms with Crippen LogP contribution in [0.2, 0.25) is 0 Å². The lowest BCUT2D eigenvalue weighted by Gasteiger charge is -2.48. The van der Waals surface area contributed by atoms with Crippen LogP contribution in [0.5, 0.6) is 0 Å². The van der Waals surface area contributed by atoms with Crippen molar-refractivity contribution < 1.29 is 4.79 Å². The third kappa shape index (κ3) is 1.86. The third-order valence-electron chi connectivity index (χ3n) is 4.99. The lowest BCUT2D eigenvalue weighted by atomic mass is 9.58. The highest BCUT2D eigenvalue weighted by atomic mass is 16.1. The van der Waals surface area contributed by atoms with Gasteiger partial charge in [-0.05, 0) is 57.4 Å². The summed E-state index contributed by atoms with van der Waals surface area (Å²) in [6, 6.07) is 0.599. The van der Waals surface area contributed by atoms with Gasteiger partial charge in [-0.2, -0.15) is 0 Å². The van der Waals surface area contributed by atoms with Gasteiger partial charge in [0.2, 0.25) is 5.91 Å². The zero-order chi connectivity index (χ0) is 11.8. The molecule has 2 aliphatic rings. The highest BCUT2D eigenvalue weighted by Gasteiger charge is 2.47. The van der Waals surface area contributed by atoms with E-state index in [-0.39, 0.29) is 11.3 Å². The fraction of sp³-hybridized carbons (Fsp3) is 0.923. The smallest absolute Gasteiger partial charge is 0.223 e. The van der Waals surface area contributed by atoms with E-state index in [1.165, 1.54) is 19.3 Å². The van der Waals surface area contributed by atoms with E-state index in [2.05, 4.69) is 12.2 Å². The second-order valence-electron chi connectivity index (χ2n) is 5.74. The summed E-state index contributed by atoms with van der Waals surface area (Å²) in [6.07, 6.45) is 6.76. The summed E-state index contributed by atoms with van der Waals surface area (Å²) in [5, 5.41) is 3.41. The average molecular weight is 224 g/mol. The highest BCUT2D eigenvalue weighted by molar-refractivity contribution is 5.81. The number of primary amides is 1. The van der Waals surface area contributed by atoms with Crippen molar-refractivity contribution in [1.29, 1.82) is 0 Å². The molecule has 2 fully saturated rings. The van der Waals surface area contributed by atoms with E-state index in [4.69, 9.17) is 5.73 Å². The van der Waals surface area contributed by atoms with Crippen LogP contribution >= 0.6 is 0 Å². The number of carbonyl (C=O) groups is 1. The van der Waals surface area contributed by atoms with Crippen LogP contribution in [-0.2, 0) is 4.79 Å². The Balaban J connectivity index is 2.18. The van der Waals surface area contributed by atoms with Crippen LogP contribution in [0, 0.1) is 17.3 Å². The first-order chi connectivity index (χ1) is 7.61. The molecule has 1 amide bonds. The molecule has 0 saturated heterocycles. The number of fused-ring (bicyclic) bond motifs is 2. The Morgan fingerprint density at radius 1 is 1.44 bits per heavy atom. The first-order valence-electron chi connectivity index (χ1n) is 6.58. The molecule has 2 rings (SSSR count). The summed E-state index contributed by atoms with van der Waals surface area (Å²) in [5.74, 6) is 1.32. The van der Waals surface area contributed by atoms with Gasteiger partial charge in [0.15, 0.2) is 0 Å². The van der Waals surface area contributed by atoms with Crippen LogP contribution in [0.1, 0.15) is 45.4 Å². The predicted octanol–water partition coefficient (Wildman–Crippen LogP) is 1.67. The van der Waals surface area contributed by atoms with Crippen molar-refractivity contribution in [3.63, 3.8) is 0 Å². The molecule has 0 aromatic rings. The molecular weight excluding hydrogens is 200 g/mol. The summed E-state index contributed by atoms with van der Waals surface area (Å²) in [5.41, 5.74) is 5.44. The van der Waals surface area contributed by atoms with Crippen LogP contribution < -0.4 is 11.1 Å². The van der Waals surface area contributed by atoms with E-state index >= 15 is 0 Å². The number of amides is 1. The summed E-state index contributed by atoms with van der Waals surface area (Å²) >= 11 is 0. The molecule has 2 saturated carbocycles. The Hall–Kier alpha value is -0.570. The molecule has 0 spiro atoms. The minimum atomic E-state index is -0.205. The van der Waals surface area contributed by atoms with Crippen molar-refractivity contribution in [1.82, 2.24) is 5.32 Å². The Bertz CT molecular complexity index is 279. The van der Waals surface area contributed by atoms with Gasteiger partial charge in [0.05, 0.1) is 0 Å². The topological polar surface area (TPSA) is 55.1 Å². The quantitative estimate of drug-likeness (QED) is 0.766. The second kappa shape index (κ2) is 4.36. The molecule has 16 heavy (non-hydrogen) atoms. The van der Waals surface area contributed by atoms with Gasteiger partial charge in [-0.25, -0.2) is 0 Å². The molecule has 3 heteroatoms. The molecule has 3 N–H and O–H groups in total. The van der Waals surface area contributed by atoms with Crippen LogP contribution in [0.3, 0.4) is 0 Å². The van der Waals surface area contributed by atoms with Crippen LogP contribution in [0.15, 0.2) is 0 Å². The van der Waals surface area contributed by atoms with Gasteiger partial charge < -0.3 is 11.1 Å². The predicted molar refractivity (Wildman–Crippen MR) is 64.8 cm³/mol. The maximum atomic E-state index is 11.7. The van der Waals surface area contributed by atoms with Gasteiger partial charge >= 0.3 is 0 Å². The fourth-order valence-corrected chi connectivity index (χ4v) is 3.95. The van der Waals surface area contributed by atoms with Gasteiger partial charge in [-0.1, -0.05) is 6.92 Å². The average Bonchev–Trinajstić information content (AvgIpc) is 2.28. The normalized spacial score (nSPS) is 43.0. The molecule has 2 aliphatic carbocycles. The number of hydrogen-bond acceptors (Lipinski definition) is 2. The molecule has 0 aliphatic heterocycles. The van der Waals surface area contributed by atoms with E-state index < -0.39 is 0 Å². The van der Waals surface area contributed by atoms with Crippen molar-refractivity contribution in [2.45, 2.75) is 51.5 Å². The van der Waals surface area contributed by atoms with E-state index in [9.17, 15) is 4.79 Å². The monoisotopic (exact) mass is 224 g/mol. The van der Waals surface area contributed by atoms with Crippen LogP contribution in [0.25, 0.3) is 0 Å². The number of carbonyl (C=O) groups excluding carboxylic acids is 1. The minimum Gasteiger partial charge on any atom is -0.369 e. The molecule has 2 bridgehead atoms. The summed E-state index contributed by atoms with van der Waals surface area (Å²) in [6.45, 7) is 2.11. The number of nitrogens with two attached hydrogens (primary N) is 1. The zero-order valence-corrected chi connectivity index (χ0v) is 10.5. The Kier molecular flexibility index (Phi) is 3.24. The standard InChI is InChI=1S/C13H24N2O/c1-3-13(12(14)16)7-9-4-5-11(15-2)10(6-9)8-13/h9-11,15H,3-8H2,1-2H3,(H2,14,16). The molecule has 0 aromatic heterocycles. The zero-order valence-electron chi connectivity index (χ0n) is 10.5. The maximum absolute atomic E-state index is 11.7. The summed E-state index contributed by atoms with van der Waals surface area (Å²) < 4.78 is 0. The van der Waals surface area contributed by atoms with Gasteiger partial charge in [0.25, 0.3) is 0 Å². The Labute approximate surface area is 98.2 Å². The summed E-state index contributed by atoms with van der Waals surface area (Å²) in [7, 11) is 2.04. The summed E-state index contributed by atoms with van der Waals surface area (Å²) in [4.78, 5) is 11.7. The molecule has 0 radical (unpaired) electrons. The van der Waals surface area contributed by atoms with Crippen molar-refractivity contribution in [3.05, 3.63) is 0 Å². The first kappa shape index (κ1) is 11.9. The van der Waals surface area contributed by atoms with Crippen LogP contribution in [0.4, 0.5) is 0 Å². The second-order valence-corrected chi connectivity index (χ2v) is 5.74. The van der Waals surface area contributed by atoms with Crippen molar-refractivity contribution in [2.24, 2.45) is 23.0 Å². The lowest BCUT2D eigenvalue weighted by Crippen LogP contribution is -2.50. The first-order valence-corrected chi connectivity index (χ1v) is 6.58. The largest absolute Gasteiger partial charge is 0.369 e. The van der Waals surface area contributed by atoms with E-state index in [1.54, 1.807) is 0 Å². The van der Waals surface area contributed by atoms with Gasteiger partial charge in [0, 0.05) is 11.5 Å². The molecule has 3 nitrogen and oxygen atoms in total. The fourth-order valence-electron chi connectivity index (χ4n) is 3.95. The lowest BCUT2D eigenvalue weighted by molar-refractivity contribution is -0.133. The van der Waals surface area contributed by atoms with Gasteiger partial charge in [0.1, 0.15) is 0 Å². The molecule has 4 unspecified atom stereocenters. The maximum Gasteiger partial charge on any atom is 0.223 e. The Morgan fingerprint density at radius 2 is 2.19 bits per heavy atom. The Morgan fingerprint density at radius 3 is 2.75 bits per heavy atom. The third-order valence-corrected chi connectivity index (χ3v) is 4.99. The van der Waals surface area contributed by atoms with E-state index in [0.29, 0.717) is 12.0 Å². The van der Waals surface area contributed by atoms with Gasteiger partial charge in [-0.3, -0.25) is 4.79 Å². The SMILES string of the molecule is CCC1(C(N)=O)CC2CCC(NC)C(C2)C1. The molecule has 0 heterocycles. The molecule has 0 aromatic carbocycles. The number of nitrogens with one attached hydrogen (secondary N) is 1. The van der Waals surface area contributed by atoms with Gasteiger partial charge in [-0.15, -0.1) is 0 Å². The minimum absolute atomic E-state index is 0.0681.